The van der Waals surface area contributed by atoms with E-state index in [1.165, 1.54) is 89.0 Å². The number of benzene rings is 3. The zero-order valence-electron chi connectivity index (χ0n) is 25.9. The summed E-state index contributed by atoms with van der Waals surface area (Å²) in [5.41, 5.74) is 33.4. The Bertz CT molecular complexity index is 1020. The van der Waals surface area contributed by atoms with Crippen LogP contribution < -0.4 is 11.5 Å². The lowest BCUT2D eigenvalue weighted by atomic mass is 9.89. The Labute approximate surface area is 250 Å². The highest BCUT2D eigenvalue weighted by atomic mass is 79.9. The van der Waals surface area contributed by atoms with Crippen molar-refractivity contribution in [1.29, 1.82) is 0 Å². The number of aryl methyl sites for hydroxylation is 4. The summed E-state index contributed by atoms with van der Waals surface area (Å²) in [4.78, 5) is 0. The van der Waals surface area contributed by atoms with Crippen LogP contribution in [-0.4, -0.2) is 0 Å². The summed E-state index contributed by atoms with van der Waals surface area (Å²) in [7, 11) is 0. The summed E-state index contributed by atoms with van der Waals surface area (Å²) in [5.74, 6) is 0. The number of hydrogen-bond acceptors (Lipinski definition) is 2. The van der Waals surface area contributed by atoms with E-state index >= 15 is 0 Å². The molecule has 0 saturated heterocycles. The standard InChI is InChI=1S/C12H16Br2.C12H20N2.C10H14/c2*1-7-8(2)12(6-14)10(4)9(3)11(7)5-13;1-7-5-9(3)10(4)6-8(7)2/h5-6H2,1-4H3;5-6,13-14H2,1-4H3;5-6H,1-4H3. The molecule has 0 radical (unpaired) electrons. The van der Waals surface area contributed by atoms with E-state index in [2.05, 4.69) is 127 Å². The van der Waals surface area contributed by atoms with Crippen molar-refractivity contribution in [2.75, 3.05) is 0 Å². The van der Waals surface area contributed by atoms with Crippen molar-refractivity contribution in [3.8, 4) is 0 Å². The Morgan fingerprint density at radius 3 is 0.737 bits per heavy atom. The average molecular weight is 647 g/mol. The lowest BCUT2D eigenvalue weighted by molar-refractivity contribution is 0.958. The van der Waals surface area contributed by atoms with Gasteiger partial charge in [-0.3, -0.25) is 0 Å². The quantitative estimate of drug-likeness (QED) is 0.278. The maximum absolute atomic E-state index is 5.75. The number of alkyl halides is 2. The molecule has 0 heterocycles. The van der Waals surface area contributed by atoms with Crippen molar-refractivity contribution < 1.29 is 0 Å². The van der Waals surface area contributed by atoms with Crippen molar-refractivity contribution in [3.63, 3.8) is 0 Å². The minimum absolute atomic E-state index is 0.615. The zero-order valence-corrected chi connectivity index (χ0v) is 29.1. The van der Waals surface area contributed by atoms with Crippen LogP contribution >= 0.6 is 31.9 Å². The zero-order chi connectivity index (χ0) is 29.5. The first-order valence-electron chi connectivity index (χ1n) is 13.4. The third-order valence-electron chi connectivity index (χ3n) is 8.66. The highest BCUT2D eigenvalue weighted by Gasteiger charge is 2.13. The van der Waals surface area contributed by atoms with Gasteiger partial charge in [-0.05, 0) is 172 Å². The summed E-state index contributed by atoms with van der Waals surface area (Å²) in [6, 6.07) is 4.48. The van der Waals surface area contributed by atoms with Crippen LogP contribution in [0.4, 0.5) is 0 Å². The van der Waals surface area contributed by atoms with Gasteiger partial charge in [0, 0.05) is 23.7 Å². The van der Waals surface area contributed by atoms with Gasteiger partial charge in [-0.15, -0.1) is 0 Å². The molecule has 3 aromatic rings. The second-order valence-corrected chi connectivity index (χ2v) is 11.7. The van der Waals surface area contributed by atoms with Gasteiger partial charge in [-0.2, -0.15) is 0 Å². The van der Waals surface area contributed by atoms with E-state index in [1.807, 2.05) is 0 Å². The van der Waals surface area contributed by atoms with Gasteiger partial charge in [-0.25, -0.2) is 0 Å². The largest absolute Gasteiger partial charge is 0.326 e. The minimum atomic E-state index is 0.615. The van der Waals surface area contributed by atoms with E-state index in [4.69, 9.17) is 11.5 Å². The molecular weight excluding hydrogens is 596 g/mol. The van der Waals surface area contributed by atoms with Gasteiger partial charge in [0.25, 0.3) is 0 Å². The predicted octanol–water partition coefficient (Wildman–Crippen LogP) is 9.47. The maximum atomic E-state index is 5.75. The SMILES string of the molecule is Cc1c(C)c(CBr)c(C)c(C)c1CBr.Cc1c(C)c(CN)c(C)c(C)c1CN.Cc1cc(C)c(C)cc1C. The molecule has 210 valence electrons. The fourth-order valence-corrected chi connectivity index (χ4v) is 6.74. The molecule has 0 unspecified atom stereocenters. The van der Waals surface area contributed by atoms with Crippen molar-refractivity contribution in [2.45, 2.75) is 107 Å². The van der Waals surface area contributed by atoms with Crippen molar-refractivity contribution in [3.05, 3.63) is 101 Å². The molecule has 3 aromatic carbocycles. The lowest BCUT2D eigenvalue weighted by Crippen LogP contribution is -2.11. The van der Waals surface area contributed by atoms with Gasteiger partial charge in [0.05, 0.1) is 0 Å². The lowest BCUT2D eigenvalue weighted by Gasteiger charge is -2.18. The van der Waals surface area contributed by atoms with E-state index in [0.717, 1.165) is 10.7 Å². The highest BCUT2D eigenvalue weighted by Crippen LogP contribution is 2.29. The molecule has 4 N–H and O–H groups in total. The van der Waals surface area contributed by atoms with Gasteiger partial charge in [0.1, 0.15) is 0 Å². The van der Waals surface area contributed by atoms with Crippen LogP contribution in [0.15, 0.2) is 12.1 Å². The average Bonchev–Trinajstić information content (AvgIpc) is 2.87. The second kappa shape index (κ2) is 15.4. The van der Waals surface area contributed by atoms with E-state index in [9.17, 15) is 0 Å². The van der Waals surface area contributed by atoms with Crippen LogP contribution in [0.2, 0.25) is 0 Å². The topological polar surface area (TPSA) is 52.0 Å². The smallest absolute Gasteiger partial charge is 0.0288 e. The molecule has 3 rings (SSSR count). The molecule has 0 aliphatic rings. The van der Waals surface area contributed by atoms with Crippen molar-refractivity contribution in [2.24, 2.45) is 11.5 Å². The Kier molecular flexibility index (Phi) is 14.0. The van der Waals surface area contributed by atoms with Crippen LogP contribution in [0.3, 0.4) is 0 Å². The maximum Gasteiger partial charge on any atom is 0.0288 e. The summed E-state index contributed by atoms with van der Waals surface area (Å²) in [6.07, 6.45) is 0. The second-order valence-electron chi connectivity index (χ2n) is 10.6. The predicted molar refractivity (Wildman–Crippen MR) is 177 cm³/mol. The molecule has 0 aliphatic carbocycles. The minimum Gasteiger partial charge on any atom is -0.326 e. The summed E-state index contributed by atoms with van der Waals surface area (Å²) >= 11 is 7.12. The first-order valence-corrected chi connectivity index (χ1v) is 15.7. The van der Waals surface area contributed by atoms with Crippen LogP contribution in [0, 0.1) is 83.1 Å². The molecule has 0 aromatic heterocycles. The molecule has 2 nitrogen and oxygen atoms in total. The number of nitrogens with two attached hydrogens (primary N) is 2. The summed E-state index contributed by atoms with van der Waals surface area (Å²) < 4.78 is 0. The molecule has 0 atom stereocenters. The van der Waals surface area contributed by atoms with Gasteiger partial charge < -0.3 is 11.5 Å². The normalized spacial score (nSPS) is 10.5. The first kappa shape index (κ1) is 34.6. The van der Waals surface area contributed by atoms with E-state index < -0.39 is 0 Å². The third kappa shape index (κ3) is 7.81. The van der Waals surface area contributed by atoms with Crippen LogP contribution in [0.5, 0.6) is 0 Å². The summed E-state index contributed by atoms with van der Waals surface area (Å²) in [6.45, 7) is 27.2. The number of rotatable bonds is 4. The van der Waals surface area contributed by atoms with E-state index in [-0.39, 0.29) is 0 Å². The first-order chi connectivity index (χ1) is 17.7. The van der Waals surface area contributed by atoms with Gasteiger partial charge >= 0.3 is 0 Å². The van der Waals surface area contributed by atoms with Crippen molar-refractivity contribution in [1.82, 2.24) is 0 Å². The van der Waals surface area contributed by atoms with Crippen LogP contribution in [0.1, 0.15) is 89.0 Å². The highest BCUT2D eigenvalue weighted by molar-refractivity contribution is 9.08. The Balaban J connectivity index is 0.000000290. The summed E-state index contributed by atoms with van der Waals surface area (Å²) in [5, 5.41) is 1.91. The van der Waals surface area contributed by atoms with Crippen molar-refractivity contribution >= 4 is 31.9 Å². The molecule has 0 aliphatic heterocycles. The fraction of sp³-hybridized carbons (Fsp3) is 0.471. The van der Waals surface area contributed by atoms with E-state index in [1.54, 1.807) is 0 Å². The van der Waals surface area contributed by atoms with Gasteiger partial charge in [-0.1, -0.05) is 44.0 Å². The molecule has 0 saturated carbocycles. The molecule has 4 heteroatoms. The van der Waals surface area contributed by atoms with Gasteiger partial charge in [0.15, 0.2) is 0 Å². The van der Waals surface area contributed by atoms with Crippen LogP contribution in [-0.2, 0) is 23.7 Å². The number of hydrogen-bond donors (Lipinski definition) is 2. The monoisotopic (exact) mass is 644 g/mol. The Morgan fingerprint density at radius 1 is 0.395 bits per heavy atom. The molecule has 38 heavy (non-hydrogen) atoms. The van der Waals surface area contributed by atoms with Gasteiger partial charge in [0.2, 0.25) is 0 Å². The molecule has 0 fully saturated rings. The molecule has 0 bridgehead atoms. The Hall–Kier alpha value is -1.46. The Morgan fingerprint density at radius 2 is 0.579 bits per heavy atom. The fourth-order valence-electron chi connectivity index (χ4n) is 5.05. The number of halogens is 2. The molecule has 0 spiro atoms. The molecular formula is C34H50Br2N2. The van der Waals surface area contributed by atoms with E-state index in [0.29, 0.717) is 13.1 Å². The third-order valence-corrected chi connectivity index (χ3v) is 9.78. The van der Waals surface area contributed by atoms with Crippen LogP contribution in [0.25, 0.3) is 0 Å². The molecule has 0 amide bonds.